The topological polar surface area (TPSA) is 24.8 Å². The highest BCUT2D eigenvalue weighted by Crippen LogP contribution is 2.16. The van der Waals surface area contributed by atoms with Gasteiger partial charge in [-0.2, -0.15) is 0 Å². The second kappa shape index (κ2) is 7.28. The lowest BCUT2D eigenvalue weighted by Gasteiger charge is -2.34. The zero-order valence-electron chi connectivity index (χ0n) is 13.8. The Hall–Kier alpha value is -1.35. The van der Waals surface area contributed by atoms with Gasteiger partial charge in [0, 0.05) is 18.7 Å². The van der Waals surface area contributed by atoms with Crippen LogP contribution in [0.1, 0.15) is 43.2 Å². The van der Waals surface area contributed by atoms with Crippen molar-refractivity contribution in [1.82, 2.24) is 4.90 Å². The van der Waals surface area contributed by atoms with Gasteiger partial charge < -0.3 is 9.80 Å². The Bertz CT molecular complexity index is 508. The Labute approximate surface area is 134 Å². The van der Waals surface area contributed by atoms with Crippen LogP contribution in [0.25, 0.3) is 0 Å². The van der Waals surface area contributed by atoms with Crippen LogP contribution in [0.5, 0.6) is 0 Å². The van der Waals surface area contributed by atoms with E-state index in [2.05, 4.69) is 36.1 Å². The number of nitrogens with one attached hydrogen (secondary N) is 1. The molecular weight excluding hydrogens is 272 g/mol. The molecule has 2 atom stereocenters. The highest BCUT2D eigenvalue weighted by molar-refractivity contribution is 5.79. The number of carbonyl (C=O) groups excluding carboxylic acids is 1. The van der Waals surface area contributed by atoms with Gasteiger partial charge in [0.1, 0.15) is 6.54 Å². The summed E-state index contributed by atoms with van der Waals surface area (Å²) in [5.74, 6) is 0.688. The molecule has 2 aliphatic heterocycles. The van der Waals surface area contributed by atoms with Gasteiger partial charge in [-0.15, -0.1) is 0 Å². The van der Waals surface area contributed by atoms with Gasteiger partial charge >= 0.3 is 0 Å². The van der Waals surface area contributed by atoms with Crippen LogP contribution in [0, 0.1) is 12.8 Å². The van der Waals surface area contributed by atoms with E-state index < -0.39 is 0 Å². The van der Waals surface area contributed by atoms with Gasteiger partial charge in [-0.25, -0.2) is 0 Å². The quantitative estimate of drug-likeness (QED) is 0.905. The molecule has 2 unspecified atom stereocenters. The molecule has 0 radical (unpaired) electrons. The SMILES string of the molecule is Cc1cccc(C[NH+]2CCCC(C(=O)N3CCCCC3)C2)c1. The van der Waals surface area contributed by atoms with Crippen molar-refractivity contribution in [2.24, 2.45) is 5.92 Å². The van der Waals surface area contributed by atoms with Gasteiger partial charge in [0.15, 0.2) is 0 Å². The maximum Gasteiger partial charge on any atom is 0.231 e. The number of nitrogens with zero attached hydrogens (tertiary/aromatic N) is 1. The Balaban J connectivity index is 1.57. The number of hydrogen-bond acceptors (Lipinski definition) is 1. The zero-order valence-corrected chi connectivity index (χ0v) is 13.8. The maximum absolute atomic E-state index is 12.7. The predicted molar refractivity (Wildman–Crippen MR) is 88.7 cm³/mol. The van der Waals surface area contributed by atoms with Gasteiger partial charge in [-0.3, -0.25) is 4.79 Å². The van der Waals surface area contributed by atoms with Gasteiger partial charge in [0.05, 0.1) is 19.0 Å². The number of amides is 1. The van der Waals surface area contributed by atoms with Crippen molar-refractivity contribution >= 4 is 5.91 Å². The minimum Gasteiger partial charge on any atom is -0.342 e. The Morgan fingerprint density at radius 1 is 1.23 bits per heavy atom. The molecular formula is C19H29N2O+. The highest BCUT2D eigenvalue weighted by Gasteiger charge is 2.32. The van der Waals surface area contributed by atoms with Crippen molar-refractivity contribution in [1.29, 1.82) is 0 Å². The Kier molecular flexibility index (Phi) is 5.14. The standard InChI is InChI=1S/C19H28N2O/c1-16-7-5-8-17(13-16)14-20-10-6-9-18(15-20)19(22)21-11-3-2-4-12-21/h5,7-8,13,18H,2-4,6,9-12,14-15H2,1H3/p+1. The summed E-state index contributed by atoms with van der Waals surface area (Å²) in [6, 6.07) is 8.79. The molecule has 2 aliphatic rings. The first kappa shape index (κ1) is 15.5. The zero-order chi connectivity index (χ0) is 15.4. The Morgan fingerprint density at radius 3 is 2.82 bits per heavy atom. The van der Waals surface area contributed by atoms with Crippen LogP contribution in [0.2, 0.25) is 0 Å². The molecule has 1 aromatic carbocycles. The van der Waals surface area contributed by atoms with Crippen molar-refractivity contribution in [3.63, 3.8) is 0 Å². The molecule has 3 nitrogen and oxygen atoms in total. The molecule has 1 aromatic rings. The molecule has 0 bridgehead atoms. The van der Waals surface area contributed by atoms with Gasteiger partial charge in [0.2, 0.25) is 5.91 Å². The molecule has 0 aromatic heterocycles. The largest absolute Gasteiger partial charge is 0.342 e. The van der Waals surface area contributed by atoms with E-state index in [-0.39, 0.29) is 5.92 Å². The fourth-order valence-corrected chi connectivity index (χ4v) is 4.01. The summed E-state index contributed by atoms with van der Waals surface area (Å²) in [4.78, 5) is 16.4. The third kappa shape index (κ3) is 3.89. The summed E-state index contributed by atoms with van der Waals surface area (Å²) >= 11 is 0. The van der Waals surface area contributed by atoms with Crippen molar-refractivity contribution < 1.29 is 9.69 Å². The van der Waals surface area contributed by atoms with Gasteiger partial charge in [0.25, 0.3) is 0 Å². The van der Waals surface area contributed by atoms with E-state index >= 15 is 0 Å². The molecule has 1 N–H and O–H groups in total. The van der Waals surface area contributed by atoms with E-state index in [1.54, 1.807) is 4.90 Å². The smallest absolute Gasteiger partial charge is 0.231 e. The summed E-state index contributed by atoms with van der Waals surface area (Å²) in [6.07, 6.45) is 5.95. The summed E-state index contributed by atoms with van der Waals surface area (Å²) in [6.45, 7) is 7.41. The fraction of sp³-hybridized carbons (Fsp3) is 0.632. The molecule has 3 heteroatoms. The first-order chi connectivity index (χ1) is 10.7. The third-order valence-corrected chi connectivity index (χ3v) is 5.17. The molecule has 0 saturated carbocycles. The average Bonchev–Trinajstić information content (AvgIpc) is 2.55. The molecule has 0 spiro atoms. The lowest BCUT2D eigenvalue weighted by atomic mass is 9.95. The summed E-state index contributed by atoms with van der Waals surface area (Å²) in [5, 5.41) is 0. The molecule has 2 fully saturated rings. The number of quaternary nitrogens is 1. The lowest BCUT2D eigenvalue weighted by Crippen LogP contribution is -3.12. The first-order valence-corrected chi connectivity index (χ1v) is 8.90. The maximum atomic E-state index is 12.7. The molecule has 0 aliphatic carbocycles. The van der Waals surface area contributed by atoms with Crippen LogP contribution in [-0.2, 0) is 11.3 Å². The van der Waals surface area contributed by atoms with E-state index in [4.69, 9.17) is 0 Å². The summed E-state index contributed by atoms with van der Waals surface area (Å²) in [7, 11) is 0. The van der Waals surface area contributed by atoms with Crippen LogP contribution < -0.4 is 4.90 Å². The second-order valence-electron chi connectivity index (χ2n) is 7.10. The molecule has 120 valence electrons. The number of carbonyl (C=O) groups is 1. The minimum atomic E-state index is 0.256. The van der Waals surface area contributed by atoms with E-state index in [1.165, 1.54) is 43.4 Å². The molecule has 2 saturated heterocycles. The second-order valence-corrected chi connectivity index (χ2v) is 7.10. The van der Waals surface area contributed by atoms with Gasteiger partial charge in [-0.1, -0.05) is 29.8 Å². The fourth-order valence-electron chi connectivity index (χ4n) is 4.01. The summed E-state index contributed by atoms with van der Waals surface area (Å²) in [5.41, 5.74) is 2.73. The molecule has 3 rings (SSSR count). The van der Waals surface area contributed by atoms with E-state index in [9.17, 15) is 4.79 Å². The van der Waals surface area contributed by atoms with Crippen molar-refractivity contribution in [2.75, 3.05) is 26.2 Å². The summed E-state index contributed by atoms with van der Waals surface area (Å²) < 4.78 is 0. The number of hydrogen-bond donors (Lipinski definition) is 1. The van der Waals surface area contributed by atoms with Crippen LogP contribution in [0.3, 0.4) is 0 Å². The van der Waals surface area contributed by atoms with Gasteiger partial charge in [-0.05, 0) is 39.0 Å². The normalized spacial score (nSPS) is 26.0. The number of piperidine rings is 2. The average molecular weight is 301 g/mol. The third-order valence-electron chi connectivity index (χ3n) is 5.17. The van der Waals surface area contributed by atoms with E-state index in [0.717, 1.165) is 32.6 Å². The number of rotatable bonds is 3. The lowest BCUT2D eigenvalue weighted by molar-refractivity contribution is -0.921. The minimum absolute atomic E-state index is 0.256. The van der Waals surface area contributed by atoms with Crippen molar-refractivity contribution in [2.45, 2.75) is 45.6 Å². The highest BCUT2D eigenvalue weighted by atomic mass is 16.2. The van der Waals surface area contributed by atoms with Crippen LogP contribution in [-0.4, -0.2) is 37.0 Å². The first-order valence-electron chi connectivity index (χ1n) is 8.90. The van der Waals surface area contributed by atoms with Crippen LogP contribution in [0.15, 0.2) is 24.3 Å². The monoisotopic (exact) mass is 301 g/mol. The van der Waals surface area contributed by atoms with Crippen LogP contribution in [0.4, 0.5) is 0 Å². The molecule has 2 heterocycles. The number of benzene rings is 1. The number of aryl methyl sites for hydroxylation is 1. The van der Waals surface area contributed by atoms with Crippen molar-refractivity contribution in [3.05, 3.63) is 35.4 Å². The Morgan fingerprint density at radius 2 is 2.05 bits per heavy atom. The molecule has 1 amide bonds. The van der Waals surface area contributed by atoms with Crippen molar-refractivity contribution in [3.8, 4) is 0 Å². The molecule has 22 heavy (non-hydrogen) atoms. The van der Waals surface area contributed by atoms with Crippen LogP contribution >= 0.6 is 0 Å². The van der Waals surface area contributed by atoms with E-state index in [0.29, 0.717) is 5.91 Å². The number of likely N-dealkylation sites (tertiary alicyclic amines) is 2. The van der Waals surface area contributed by atoms with E-state index in [1.807, 2.05) is 0 Å². The predicted octanol–water partition coefficient (Wildman–Crippen LogP) is 1.80.